The van der Waals surface area contributed by atoms with E-state index in [1.165, 1.54) is 25.7 Å². The summed E-state index contributed by atoms with van der Waals surface area (Å²) in [7, 11) is 0. The van der Waals surface area contributed by atoms with Gasteiger partial charge in [-0.25, -0.2) is 5.01 Å². The standard InChI is InChI=1S/C14H20N4/c1-2-17-11-16-18(13-8-5-9-15-10-13)14(17)12-6-3-4-7-12/h5,8-12,14H,2-4,6-7H2,1H3/t14-/m1/s1. The molecule has 0 unspecified atom stereocenters. The van der Waals surface area contributed by atoms with E-state index < -0.39 is 0 Å². The number of rotatable bonds is 3. The average molecular weight is 244 g/mol. The van der Waals surface area contributed by atoms with Crippen molar-refractivity contribution >= 4 is 12.0 Å². The largest absolute Gasteiger partial charge is 0.339 e. The zero-order valence-corrected chi connectivity index (χ0v) is 10.9. The van der Waals surface area contributed by atoms with Gasteiger partial charge in [-0.1, -0.05) is 12.8 Å². The highest BCUT2D eigenvalue weighted by Crippen LogP contribution is 2.35. The highest BCUT2D eigenvalue weighted by Gasteiger charge is 2.36. The van der Waals surface area contributed by atoms with Crippen molar-refractivity contribution in [3.63, 3.8) is 0 Å². The fourth-order valence-corrected chi connectivity index (χ4v) is 3.10. The topological polar surface area (TPSA) is 31.7 Å². The van der Waals surface area contributed by atoms with Crippen molar-refractivity contribution in [1.29, 1.82) is 0 Å². The minimum absolute atomic E-state index is 0.390. The second-order valence-corrected chi connectivity index (χ2v) is 5.08. The van der Waals surface area contributed by atoms with Gasteiger partial charge in [0, 0.05) is 12.7 Å². The van der Waals surface area contributed by atoms with Crippen LogP contribution in [0.15, 0.2) is 29.6 Å². The second kappa shape index (κ2) is 4.96. The van der Waals surface area contributed by atoms with E-state index in [1.54, 1.807) is 0 Å². The SMILES string of the molecule is CCN1C=NN(c2cccnc2)[C@@H]1C1CCCC1. The predicted molar refractivity (Wildman–Crippen MR) is 73.3 cm³/mol. The molecule has 0 N–H and O–H groups in total. The van der Waals surface area contributed by atoms with Crippen molar-refractivity contribution in [3.05, 3.63) is 24.5 Å². The van der Waals surface area contributed by atoms with Gasteiger partial charge in [-0.05, 0) is 37.8 Å². The summed E-state index contributed by atoms with van der Waals surface area (Å²) in [6.45, 7) is 3.21. The van der Waals surface area contributed by atoms with Gasteiger partial charge in [0.05, 0.1) is 11.9 Å². The van der Waals surface area contributed by atoms with Gasteiger partial charge in [-0.3, -0.25) is 4.98 Å². The molecule has 0 saturated heterocycles. The summed E-state index contributed by atoms with van der Waals surface area (Å²) >= 11 is 0. The molecule has 1 fully saturated rings. The van der Waals surface area contributed by atoms with E-state index in [-0.39, 0.29) is 0 Å². The Bertz CT molecular complexity index is 411. The van der Waals surface area contributed by atoms with Gasteiger partial charge in [-0.2, -0.15) is 5.10 Å². The van der Waals surface area contributed by atoms with Crippen LogP contribution in [-0.2, 0) is 0 Å². The molecule has 18 heavy (non-hydrogen) atoms. The summed E-state index contributed by atoms with van der Waals surface area (Å²) in [5.41, 5.74) is 1.10. The third kappa shape index (κ3) is 1.96. The van der Waals surface area contributed by atoms with Crippen molar-refractivity contribution in [1.82, 2.24) is 9.88 Å². The van der Waals surface area contributed by atoms with Crippen molar-refractivity contribution in [2.45, 2.75) is 38.8 Å². The van der Waals surface area contributed by atoms with Crippen LogP contribution in [0.1, 0.15) is 32.6 Å². The van der Waals surface area contributed by atoms with Crippen LogP contribution in [0.5, 0.6) is 0 Å². The third-order valence-corrected chi connectivity index (χ3v) is 4.01. The molecule has 96 valence electrons. The summed E-state index contributed by atoms with van der Waals surface area (Å²) in [5.74, 6) is 0.729. The molecule has 2 heterocycles. The molecule has 1 aliphatic heterocycles. The lowest BCUT2D eigenvalue weighted by Crippen LogP contribution is -2.44. The molecule has 1 aromatic rings. The Labute approximate surface area is 108 Å². The maximum absolute atomic E-state index is 4.58. The van der Waals surface area contributed by atoms with E-state index in [0.29, 0.717) is 6.17 Å². The summed E-state index contributed by atoms with van der Waals surface area (Å²) in [4.78, 5) is 6.56. The average Bonchev–Trinajstić information content (AvgIpc) is 3.08. The van der Waals surface area contributed by atoms with Gasteiger partial charge in [0.15, 0.2) is 0 Å². The van der Waals surface area contributed by atoms with Crippen LogP contribution in [-0.4, -0.2) is 28.9 Å². The number of pyridine rings is 1. The highest BCUT2D eigenvalue weighted by molar-refractivity contribution is 5.64. The van der Waals surface area contributed by atoms with E-state index in [1.807, 2.05) is 24.8 Å². The first-order valence-electron chi connectivity index (χ1n) is 6.89. The minimum Gasteiger partial charge on any atom is -0.339 e. The molecular formula is C14H20N4. The number of hydrazone groups is 1. The molecule has 2 aliphatic rings. The maximum atomic E-state index is 4.58. The van der Waals surface area contributed by atoms with Crippen LogP contribution < -0.4 is 5.01 Å². The van der Waals surface area contributed by atoms with Gasteiger partial charge in [-0.15, -0.1) is 0 Å². The lowest BCUT2D eigenvalue weighted by Gasteiger charge is -2.34. The first-order valence-corrected chi connectivity index (χ1v) is 6.89. The van der Waals surface area contributed by atoms with E-state index in [2.05, 4.69) is 33.0 Å². The molecule has 1 aliphatic carbocycles. The molecule has 4 heteroatoms. The van der Waals surface area contributed by atoms with Crippen LogP contribution in [0.3, 0.4) is 0 Å². The number of aromatic nitrogens is 1. The molecule has 3 rings (SSSR count). The highest BCUT2D eigenvalue weighted by atomic mass is 15.6. The smallest absolute Gasteiger partial charge is 0.127 e. The van der Waals surface area contributed by atoms with Gasteiger partial charge in [0.1, 0.15) is 12.5 Å². The Balaban J connectivity index is 1.86. The Hall–Kier alpha value is -1.58. The molecule has 0 amide bonds. The Morgan fingerprint density at radius 2 is 2.17 bits per heavy atom. The predicted octanol–water partition coefficient (Wildman–Crippen LogP) is 2.68. The fraction of sp³-hybridized carbons (Fsp3) is 0.571. The Morgan fingerprint density at radius 1 is 1.33 bits per heavy atom. The molecule has 0 spiro atoms. The quantitative estimate of drug-likeness (QED) is 0.819. The number of nitrogens with zero attached hydrogens (tertiary/aromatic N) is 4. The number of hydrogen-bond acceptors (Lipinski definition) is 4. The monoisotopic (exact) mass is 244 g/mol. The molecule has 4 nitrogen and oxygen atoms in total. The first-order chi connectivity index (χ1) is 8.90. The van der Waals surface area contributed by atoms with Crippen LogP contribution in [0.2, 0.25) is 0 Å². The summed E-state index contributed by atoms with van der Waals surface area (Å²) in [5, 5.41) is 6.72. The lowest BCUT2D eigenvalue weighted by molar-refractivity contribution is 0.253. The van der Waals surface area contributed by atoms with Crippen molar-refractivity contribution < 1.29 is 0 Å². The zero-order chi connectivity index (χ0) is 12.4. The van der Waals surface area contributed by atoms with Crippen LogP contribution in [0, 0.1) is 5.92 Å². The third-order valence-electron chi connectivity index (χ3n) is 4.01. The second-order valence-electron chi connectivity index (χ2n) is 5.08. The lowest BCUT2D eigenvalue weighted by atomic mass is 10.0. The molecular weight excluding hydrogens is 224 g/mol. The molecule has 0 radical (unpaired) electrons. The van der Waals surface area contributed by atoms with Crippen molar-refractivity contribution in [2.75, 3.05) is 11.6 Å². The van der Waals surface area contributed by atoms with E-state index >= 15 is 0 Å². The fourth-order valence-electron chi connectivity index (χ4n) is 3.10. The van der Waals surface area contributed by atoms with Gasteiger partial charge < -0.3 is 4.90 Å². The molecule has 1 aromatic heterocycles. The van der Waals surface area contributed by atoms with Crippen LogP contribution in [0.4, 0.5) is 5.69 Å². The van der Waals surface area contributed by atoms with Gasteiger partial charge in [0.25, 0.3) is 0 Å². The van der Waals surface area contributed by atoms with Crippen molar-refractivity contribution in [2.24, 2.45) is 11.0 Å². The Morgan fingerprint density at radius 3 is 2.83 bits per heavy atom. The van der Waals surface area contributed by atoms with Crippen LogP contribution in [0.25, 0.3) is 0 Å². The van der Waals surface area contributed by atoms with Crippen molar-refractivity contribution in [3.8, 4) is 0 Å². The van der Waals surface area contributed by atoms with E-state index in [4.69, 9.17) is 0 Å². The molecule has 0 bridgehead atoms. The Kier molecular flexibility index (Phi) is 3.17. The van der Waals surface area contributed by atoms with E-state index in [9.17, 15) is 0 Å². The zero-order valence-electron chi connectivity index (χ0n) is 10.9. The summed E-state index contributed by atoms with van der Waals surface area (Å²) < 4.78 is 0. The minimum atomic E-state index is 0.390. The normalized spacial score (nSPS) is 24.2. The number of anilines is 1. The van der Waals surface area contributed by atoms with Gasteiger partial charge >= 0.3 is 0 Å². The summed E-state index contributed by atoms with van der Waals surface area (Å²) in [6, 6.07) is 4.07. The van der Waals surface area contributed by atoms with Gasteiger partial charge in [0.2, 0.25) is 0 Å². The maximum Gasteiger partial charge on any atom is 0.127 e. The number of hydrogen-bond donors (Lipinski definition) is 0. The summed E-state index contributed by atoms with van der Waals surface area (Å²) in [6.07, 6.45) is 11.4. The first kappa shape index (κ1) is 11.5. The molecule has 1 saturated carbocycles. The molecule has 1 atom stereocenters. The van der Waals surface area contributed by atoms with Crippen LogP contribution >= 0.6 is 0 Å². The molecule has 0 aromatic carbocycles. The van der Waals surface area contributed by atoms with E-state index in [0.717, 1.165) is 18.2 Å².